The molecule has 0 aromatic heterocycles. The van der Waals surface area contributed by atoms with Gasteiger partial charge >= 0.3 is 0 Å². The summed E-state index contributed by atoms with van der Waals surface area (Å²) in [7, 11) is 0. The second kappa shape index (κ2) is 4.31. The van der Waals surface area contributed by atoms with Gasteiger partial charge < -0.3 is 5.11 Å². The van der Waals surface area contributed by atoms with Crippen molar-refractivity contribution in [2.24, 2.45) is 11.3 Å². The predicted molar refractivity (Wildman–Crippen MR) is 61.1 cm³/mol. The average Bonchev–Trinajstić information content (AvgIpc) is 2.02. The molecule has 1 nitrogen and oxygen atoms in total. The summed E-state index contributed by atoms with van der Waals surface area (Å²) in [6.07, 6.45) is 8.09. The fourth-order valence-corrected chi connectivity index (χ4v) is 2.61. The summed E-state index contributed by atoms with van der Waals surface area (Å²) in [5, 5.41) is 10.1. The molecule has 1 heteroatoms. The maximum atomic E-state index is 10.1. The van der Waals surface area contributed by atoms with Crippen molar-refractivity contribution in [3.05, 3.63) is 23.8 Å². The molecular formula is C13H22O. The van der Waals surface area contributed by atoms with E-state index >= 15 is 0 Å². The standard InChI is InChI=1S/C13H22O/c1-5-7-11(14)12-10(2)8-6-9-13(12,3)4/h5,7-8,11-12,14H,6,9H2,1-4H3/b7-5+/t11?,12-/m0/s1. The third kappa shape index (κ3) is 2.27. The Balaban J connectivity index is 2.91. The molecule has 0 saturated carbocycles. The number of aliphatic hydroxyl groups is 1. The highest BCUT2D eigenvalue weighted by Crippen LogP contribution is 2.42. The van der Waals surface area contributed by atoms with E-state index in [-0.39, 0.29) is 17.4 Å². The molecule has 1 N–H and O–H groups in total. The van der Waals surface area contributed by atoms with Gasteiger partial charge in [0, 0.05) is 5.92 Å². The fraction of sp³-hybridized carbons (Fsp3) is 0.692. The van der Waals surface area contributed by atoms with E-state index in [0.29, 0.717) is 0 Å². The molecule has 1 aliphatic carbocycles. The summed E-state index contributed by atoms with van der Waals surface area (Å²) in [5.41, 5.74) is 1.56. The minimum atomic E-state index is -0.327. The van der Waals surface area contributed by atoms with E-state index in [2.05, 4.69) is 26.8 Å². The maximum absolute atomic E-state index is 10.1. The van der Waals surface area contributed by atoms with Crippen LogP contribution in [0, 0.1) is 11.3 Å². The molecular weight excluding hydrogens is 172 g/mol. The number of hydrogen-bond acceptors (Lipinski definition) is 1. The molecule has 1 unspecified atom stereocenters. The average molecular weight is 194 g/mol. The molecule has 80 valence electrons. The molecule has 0 bridgehead atoms. The summed E-state index contributed by atoms with van der Waals surface area (Å²) in [4.78, 5) is 0. The Labute approximate surface area is 87.5 Å². The number of rotatable bonds is 2. The molecule has 0 aromatic carbocycles. The molecule has 0 radical (unpaired) electrons. The van der Waals surface area contributed by atoms with Crippen molar-refractivity contribution >= 4 is 0 Å². The molecule has 1 rings (SSSR count). The number of aliphatic hydroxyl groups excluding tert-OH is 1. The van der Waals surface area contributed by atoms with E-state index in [0.717, 1.165) is 6.42 Å². The van der Waals surface area contributed by atoms with Crippen LogP contribution in [0.3, 0.4) is 0 Å². The van der Waals surface area contributed by atoms with Crippen LogP contribution in [-0.2, 0) is 0 Å². The van der Waals surface area contributed by atoms with Crippen molar-refractivity contribution in [3.63, 3.8) is 0 Å². The van der Waals surface area contributed by atoms with Gasteiger partial charge in [-0.15, -0.1) is 0 Å². The van der Waals surface area contributed by atoms with E-state index in [1.54, 1.807) is 0 Å². The third-order valence-electron chi connectivity index (χ3n) is 3.32. The van der Waals surface area contributed by atoms with Gasteiger partial charge in [-0.3, -0.25) is 0 Å². The van der Waals surface area contributed by atoms with Crippen molar-refractivity contribution < 1.29 is 5.11 Å². The zero-order valence-corrected chi connectivity index (χ0v) is 9.75. The van der Waals surface area contributed by atoms with E-state index in [4.69, 9.17) is 0 Å². The minimum Gasteiger partial charge on any atom is -0.388 e. The highest BCUT2D eigenvalue weighted by atomic mass is 16.3. The molecule has 0 aliphatic heterocycles. The topological polar surface area (TPSA) is 20.2 Å². The van der Waals surface area contributed by atoms with Crippen LogP contribution in [0.2, 0.25) is 0 Å². The van der Waals surface area contributed by atoms with Crippen LogP contribution in [-0.4, -0.2) is 11.2 Å². The monoisotopic (exact) mass is 194 g/mol. The van der Waals surface area contributed by atoms with Gasteiger partial charge in [0.05, 0.1) is 6.10 Å². The Bertz CT molecular complexity index is 248. The lowest BCUT2D eigenvalue weighted by molar-refractivity contribution is 0.0784. The zero-order chi connectivity index (χ0) is 10.8. The first-order valence-corrected chi connectivity index (χ1v) is 5.46. The van der Waals surface area contributed by atoms with Crippen molar-refractivity contribution in [1.82, 2.24) is 0 Å². The van der Waals surface area contributed by atoms with Gasteiger partial charge in [0.1, 0.15) is 0 Å². The van der Waals surface area contributed by atoms with E-state index in [1.165, 1.54) is 12.0 Å². The quantitative estimate of drug-likeness (QED) is 0.669. The zero-order valence-electron chi connectivity index (χ0n) is 9.75. The van der Waals surface area contributed by atoms with Gasteiger partial charge in [-0.1, -0.05) is 37.6 Å². The molecule has 0 saturated heterocycles. The SMILES string of the molecule is C/C=C/C(O)[C@@H]1C(C)=CCCC1(C)C. The second-order valence-electron chi connectivity index (χ2n) is 4.97. The normalized spacial score (nSPS) is 28.9. The summed E-state index contributed by atoms with van der Waals surface area (Å²) in [6, 6.07) is 0. The Hall–Kier alpha value is -0.560. The molecule has 0 amide bonds. The third-order valence-corrected chi connectivity index (χ3v) is 3.32. The van der Waals surface area contributed by atoms with E-state index in [1.807, 2.05) is 19.1 Å². The Morgan fingerprint density at radius 3 is 2.71 bits per heavy atom. The van der Waals surface area contributed by atoms with Crippen molar-refractivity contribution in [2.75, 3.05) is 0 Å². The molecule has 14 heavy (non-hydrogen) atoms. The van der Waals surface area contributed by atoms with E-state index in [9.17, 15) is 5.11 Å². The summed E-state index contributed by atoms with van der Waals surface area (Å²) in [6.45, 7) is 8.60. The van der Waals surface area contributed by atoms with Gasteiger partial charge in [0.25, 0.3) is 0 Å². The molecule has 0 heterocycles. The molecule has 0 aromatic rings. The van der Waals surface area contributed by atoms with Crippen LogP contribution in [0.15, 0.2) is 23.8 Å². The van der Waals surface area contributed by atoms with Gasteiger partial charge in [-0.2, -0.15) is 0 Å². The van der Waals surface area contributed by atoms with Crippen LogP contribution in [0.5, 0.6) is 0 Å². The van der Waals surface area contributed by atoms with Crippen LogP contribution in [0.4, 0.5) is 0 Å². The van der Waals surface area contributed by atoms with Crippen molar-refractivity contribution in [3.8, 4) is 0 Å². The van der Waals surface area contributed by atoms with E-state index < -0.39 is 0 Å². The minimum absolute atomic E-state index is 0.220. The second-order valence-corrected chi connectivity index (χ2v) is 4.97. The predicted octanol–water partition coefficient (Wildman–Crippen LogP) is 3.31. The van der Waals surface area contributed by atoms with Gasteiger partial charge in [0.15, 0.2) is 0 Å². The van der Waals surface area contributed by atoms with Gasteiger partial charge in [0.2, 0.25) is 0 Å². The van der Waals surface area contributed by atoms with Gasteiger partial charge in [-0.25, -0.2) is 0 Å². The van der Waals surface area contributed by atoms with Crippen molar-refractivity contribution in [2.45, 2.75) is 46.6 Å². The highest BCUT2D eigenvalue weighted by Gasteiger charge is 2.36. The van der Waals surface area contributed by atoms with Crippen LogP contribution in [0.1, 0.15) is 40.5 Å². The summed E-state index contributed by atoms with van der Waals surface area (Å²) >= 11 is 0. The fourth-order valence-electron chi connectivity index (χ4n) is 2.61. The summed E-state index contributed by atoms with van der Waals surface area (Å²) < 4.78 is 0. The number of allylic oxidation sites excluding steroid dienone is 2. The first-order chi connectivity index (χ1) is 6.49. The van der Waals surface area contributed by atoms with Crippen LogP contribution >= 0.6 is 0 Å². The van der Waals surface area contributed by atoms with Crippen molar-refractivity contribution in [1.29, 1.82) is 0 Å². The lowest BCUT2D eigenvalue weighted by Gasteiger charge is -2.40. The Morgan fingerprint density at radius 1 is 1.57 bits per heavy atom. The van der Waals surface area contributed by atoms with Gasteiger partial charge in [-0.05, 0) is 32.1 Å². The molecule has 1 aliphatic rings. The molecule has 2 atom stereocenters. The van der Waals surface area contributed by atoms with Crippen LogP contribution in [0.25, 0.3) is 0 Å². The first-order valence-electron chi connectivity index (χ1n) is 5.46. The van der Waals surface area contributed by atoms with Crippen LogP contribution < -0.4 is 0 Å². The lowest BCUT2D eigenvalue weighted by Crippen LogP contribution is -2.36. The molecule has 0 spiro atoms. The number of hydrogen-bond donors (Lipinski definition) is 1. The smallest absolute Gasteiger partial charge is 0.0791 e. The Morgan fingerprint density at radius 2 is 2.21 bits per heavy atom. The maximum Gasteiger partial charge on any atom is 0.0791 e. The summed E-state index contributed by atoms with van der Waals surface area (Å²) in [5.74, 6) is 0.285. The lowest BCUT2D eigenvalue weighted by atomic mass is 9.66. The highest BCUT2D eigenvalue weighted by molar-refractivity contribution is 5.16. The molecule has 0 fully saturated rings. The largest absolute Gasteiger partial charge is 0.388 e. The Kier molecular flexibility index (Phi) is 3.54. The first kappa shape index (κ1) is 11.5.